The van der Waals surface area contributed by atoms with Crippen molar-refractivity contribution in [1.29, 1.82) is 0 Å². The first-order chi connectivity index (χ1) is 42.1. The van der Waals surface area contributed by atoms with Crippen molar-refractivity contribution in [3.8, 4) is 0 Å². The van der Waals surface area contributed by atoms with E-state index in [1.54, 1.807) is 74.2 Å². The predicted octanol–water partition coefficient (Wildman–Crippen LogP) is 5.98. The number of rotatable bonds is 18. The largest absolute Gasteiger partial charge is 0.481 e. The molecule has 2 aromatic carbocycles. The number of piperazine rings is 2. The van der Waals surface area contributed by atoms with Gasteiger partial charge in [0.1, 0.15) is 29.1 Å². The minimum atomic E-state index is -1.08. The van der Waals surface area contributed by atoms with Crippen LogP contribution in [0.3, 0.4) is 0 Å². The molecule has 0 bridgehead atoms. The smallest absolute Gasteiger partial charge is 0.338 e. The van der Waals surface area contributed by atoms with Gasteiger partial charge < -0.3 is 54.7 Å². The number of fused-ring (bicyclic) bond motifs is 2. The van der Waals surface area contributed by atoms with Gasteiger partial charge in [0.25, 0.3) is 0 Å². The fraction of sp³-hybridized carbons (Fsp3) is 0.508. The number of carboxylic acids is 2. The van der Waals surface area contributed by atoms with Crippen LogP contribution in [0.2, 0.25) is 0 Å². The standard InChI is InChI=1S/C31H37FN6O5S.C30H35FN6O6S/c1-4-43-27(39)23-22(34-25(26-33-11-14-44-26)35-24(23)20-7-5-8-21(32)19(20)2)15-36-12-13-38-29(42)37(17-30(38,3)16-36)18-31(28(40)41)9-6-10-31;1-4-43-26(38)22-21(33-24(25-32-8-11-44-25)34-23(22)19-6-5-7-20(31)18(19)2)12-35-9-10-37-28(41)36(14-29(37,3)13-35)15-30(27(39)40)16-42-17-30/h5,7-8,11,14,24H,4,6,9-10,12-13,15-18H2,1-3H3,(H,34,35)(H,40,41);5-8,11,23H,4,9-10,12-17H2,1-3H3,(H,33,34)(H,39,40). The number of thiazole rings is 2. The van der Waals surface area contributed by atoms with Crippen LogP contribution in [-0.4, -0.2) is 213 Å². The SMILES string of the molecule is CCOC(=O)C1=C(CN2CCN3C(=O)N(CC4(C(=O)O)CCC4)CC3(C)C2)NC(c2nccs2)=NC1c1cccc(F)c1C.CCOC(=O)C1=C(CN2CCN3C(=O)N(CC4(C(=O)O)COC4)CC3(C)C2)NC(c2nccs2)=NC1c1cccc(F)c1C. The molecule has 1 saturated carbocycles. The van der Waals surface area contributed by atoms with Gasteiger partial charge in [-0.25, -0.2) is 37.9 Å². The van der Waals surface area contributed by atoms with Crippen LogP contribution in [0.4, 0.5) is 18.4 Å². The Bertz CT molecular complexity index is 3310. The maximum atomic E-state index is 14.8. The summed E-state index contributed by atoms with van der Waals surface area (Å²) in [5, 5.41) is 31.3. The highest BCUT2D eigenvalue weighted by atomic mass is 32.1. The molecule has 27 heteroatoms. The molecule has 23 nitrogen and oxygen atoms in total. The van der Waals surface area contributed by atoms with E-state index in [9.17, 15) is 47.8 Å². The number of carbonyl (C=O) groups is 6. The lowest BCUT2D eigenvalue weighted by molar-refractivity contribution is -0.181. The summed E-state index contributed by atoms with van der Waals surface area (Å²) in [6.45, 7) is 16.1. The Balaban J connectivity index is 0.000000182. The summed E-state index contributed by atoms with van der Waals surface area (Å²) in [6.07, 6.45) is 5.37. The minimum absolute atomic E-state index is 0.0837. The second-order valence-corrected chi connectivity index (χ2v) is 26.1. The number of urea groups is 2. The van der Waals surface area contributed by atoms with E-state index in [1.165, 1.54) is 34.8 Å². The zero-order valence-electron chi connectivity index (χ0n) is 50.0. The Labute approximate surface area is 515 Å². The molecule has 468 valence electrons. The summed E-state index contributed by atoms with van der Waals surface area (Å²) in [7, 11) is 0. The van der Waals surface area contributed by atoms with E-state index in [4.69, 9.17) is 24.2 Å². The normalized spacial score (nSPS) is 24.9. The van der Waals surface area contributed by atoms with E-state index in [0.29, 0.717) is 145 Å². The van der Waals surface area contributed by atoms with E-state index < -0.39 is 63.7 Å². The Hall–Kier alpha value is -7.72. The summed E-state index contributed by atoms with van der Waals surface area (Å²) in [6, 6.07) is 7.59. The summed E-state index contributed by atoms with van der Waals surface area (Å²) < 4.78 is 45.7. The lowest BCUT2D eigenvalue weighted by Gasteiger charge is -2.44. The molecule has 5 saturated heterocycles. The lowest BCUT2D eigenvalue weighted by Crippen LogP contribution is -2.60. The molecule has 1 aliphatic carbocycles. The molecule has 4 atom stereocenters. The van der Waals surface area contributed by atoms with Gasteiger partial charge in [-0.05, 0) is 88.8 Å². The number of hydrogen-bond donors (Lipinski definition) is 4. The van der Waals surface area contributed by atoms with Crippen molar-refractivity contribution < 1.29 is 62.0 Å². The maximum Gasteiger partial charge on any atom is 0.338 e. The van der Waals surface area contributed by atoms with Crippen LogP contribution in [0.15, 0.2) is 92.1 Å². The Morgan fingerprint density at radius 2 is 1.09 bits per heavy atom. The quantitative estimate of drug-likeness (QED) is 0.0835. The number of hydrogen-bond acceptors (Lipinski definition) is 19. The topological polar surface area (TPSA) is 265 Å². The number of halogens is 2. The van der Waals surface area contributed by atoms with Gasteiger partial charge in [-0.15, -0.1) is 22.7 Å². The van der Waals surface area contributed by atoms with Gasteiger partial charge in [0.15, 0.2) is 21.7 Å². The highest BCUT2D eigenvalue weighted by molar-refractivity contribution is 7.12. The Kier molecular flexibility index (Phi) is 17.4. The van der Waals surface area contributed by atoms with Crippen molar-refractivity contribution in [3.63, 3.8) is 0 Å². The number of benzene rings is 2. The van der Waals surface area contributed by atoms with Crippen molar-refractivity contribution in [1.82, 2.24) is 50.0 Å². The first-order valence-corrected chi connectivity index (χ1v) is 31.3. The van der Waals surface area contributed by atoms with Gasteiger partial charge in [0, 0.05) is 113 Å². The summed E-state index contributed by atoms with van der Waals surface area (Å²) in [5.41, 5.74) is 0.637. The number of amides is 4. The highest BCUT2D eigenvalue weighted by Crippen LogP contribution is 2.45. The number of nitrogens with one attached hydrogen (secondary N) is 2. The second kappa shape index (κ2) is 24.7. The van der Waals surface area contributed by atoms with Crippen LogP contribution < -0.4 is 10.6 Å². The summed E-state index contributed by atoms with van der Waals surface area (Å²) >= 11 is 2.80. The molecular formula is C61H72F2N12O11S2. The summed E-state index contributed by atoms with van der Waals surface area (Å²) in [5.74, 6) is -2.69. The van der Waals surface area contributed by atoms with E-state index in [-0.39, 0.29) is 57.4 Å². The average Bonchev–Trinajstić information content (AvgIpc) is 1.88. The maximum absolute atomic E-state index is 14.8. The molecule has 12 rings (SSSR count). The molecule has 6 fully saturated rings. The summed E-state index contributed by atoms with van der Waals surface area (Å²) in [4.78, 5) is 108. The number of amidine groups is 2. The molecule has 0 radical (unpaired) electrons. The molecule has 2 aromatic heterocycles. The molecular weight excluding hydrogens is 1180 g/mol. The van der Waals surface area contributed by atoms with Crippen LogP contribution in [0, 0.1) is 36.3 Å². The number of aliphatic carboxylic acids is 2. The number of ether oxygens (including phenoxy) is 3. The first kappa shape index (κ1) is 61.9. The number of aliphatic imine (C=N–C) groups is 2. The molecule has 4 aromatic rings. The van der Waals surface area contributed by atoms with Gasteiger partial charge in [0.05, 0.1) is 54.1 Å². The third kappa shape index (κ3) is 11.7. The van der Waals surface area contributed by atoms with Gasteiger partial charge in [-0.3, -0.25) is 29.4 Å². The lowest BCUT2D eigenvalue weighted by atomic mass is 9.68. The van der Waals surface area contributed by atoms with Crippen LogP contribution in [-0.2, 0) is 33.4 Å². The van der Waals surface area contributed by atoms with E-state index in [0.717, 1.165) is 6.42 Å². The van der Waals surface area contributed by atoms with Crippen molar-refractivity contribution in [2.75, 3.05) is 105 Å². The van der Waals surface area contributed by atoms with Crippen LogP contribution in [0.5, 0.6) is 0 Å². The van der Waals surface area contributed by atoms with Gasteiger partial charge in [-0.2, -0.15) is 0 Å². The minimum Gasteiger partial charge on any atom is -0.481 e. The molecule has 88 heavy (non-hydrogen) atoms. The van der Waals surface area contributed by atoms with Gasteiger partial charge >= 0.3 is 35.9 Å². The molecule has 4 unspecified atom stereocenters. The van der Waals surface area contributed by atoms with Crippen molar-refractivity contribution in [2.45, 2.75) is 84.0 Å². The zero-order chi connectivity index (χ0) is 62.5. The van der Waals surface area contributed by atoms with Crippen LogP contribution >= 0.6 is 22.7 Å². The number of aromatic nitrogens is 2. The molecule has 8 aliphatic rings. The van der Waals surface area contributed by atoms with Gasteiger partial charge in [-0.1, -0.05) is 30.7 Å². The van der Waals surface area contributed by atoms with Crippen molar-refractivity contribution >= 4 is 70.3 Å². The third-order valence-electron chi connectivity index (χ3n) is 18.2. The Morgan fingerprint density at radius 1 is 0.659 bits per heavy atom. The third-order valence-corrected chi connectivity index (χ3v) is 19.8. The van der Waals surface area contributed by atoms with Crippen LogP contribution in [0.25, 0.3) is 0 Å². The van der Waals surface area contributed by atoms with Crippen LogP contribution in [0.1, 0.15) is 91.3 Å². The first-order valence-electron chi connectivity index (χ1n) is 29.5. The number of carboxylic acid groups (broad SMARTS) is 2. The fourth-order valence-electron chi connectivity index (χ4n) is 13.4. The van der Waals surface area contributed by atoms with Crippen molar-refractivity contribution in [2.24, 2.45) is 20.8 Å². The number of carbonyl (C=O) groups excluding carboxylic acids is 4. The van der Waals surface area contributed by atoms with E-state index >= 15 is 0 Å². The second-order valence-electron chi connectivity index (χ2n) is 24.3. The molecule has 9 heterocycles. The molecule has 4 N–H and O–H groups in total. The average molecular weight is 1250 g/mol. The van der Waals surface area contributed by atoms with Gasteiger partial charge in [0.2, 0.25) is 0 Å². The zero-order valence-corrected chi connectivity index (χ0v) is 51.6. The molecule has 0 spiro atoms. The van der Waals surface area contributed by atoms with E-state index in [2.05, 4.69) is 30.4 Å². The molecule has 4 amide bonds. The van der Waals surface area contributed by atoms with Crippen molar-refractivity contribution in [3.05, 3.63) is 126 Å². The number of esters is 2. The number of nitrogens with zero attached hydrogens (tertiary/aromatic N) is 10. The predicted molar refractivity (Wildman–Crippen MR) is 320 cm³/mol. The Morgan fingerprint density at radius 3 is 1.44 bits per heavy atom. The highest BCUT2D eigenvalue weighted by Gasteiger charge is 2.56. The fourth-order valence-corrected chi connectivity index (χ4v) is 14.6. The molecule has 7 aliphatic heterocycles. The monoisotopic (exact) mass is 1250 g/mol. The van der Waals surface area contributed by atoms with E-state index in [1.807, 2.05) is 34.4 Å².